The molecule has 1 fully saturated rings. The molecule has 0 aromatic carbocycles. The number of rotatable bonds is 4. The third kappa shape index (κ3) is 3.56. The van der Waals surface area contributed by atoms with Crippen molar-refractivity contribution in [2.45, 2.75) is 51.5 Å². The second-order valence-electron chi connectivity index (χ2n) is 5.70. The van der Waals surface area contributed by atoms with E-state index in [1.54, 1.807) is 0 Å². The van der Waals surface area contributed by atoms with E-state index in [2.05, 4.69) is 15.3 Å². The number of nitrogens with one attached hydrogen (secondary N) is 2. The lowest BCUT2D eigenvalue weighted by atomic mass is 9.84. The lowest BCUT2D eigenvalue weighted by molar-refractivity contribution is 0.332. The van der Waals surface area contributed by atoms with E-state index in [9.17, 15) is 4.79 Å². The molecule has 0 bridgehead atoms. The molecule has 5 nitrogen and oxygen atoms in total. The van der Waals surface area contributed by atoms with Gasteiger partial charge in [0, 0.05) is 18.0 Å². The summed E-state index contributed by atoms with van der Waals surface area (Å²) in [7, 11) is 0. The summed E-state index contributed by atoms with van der Waals surface area (Å²) in [6, 6.07) is 1.88. The smallest absolute Gasteiger partial charge is 0.252 e. The summed E-state index contributed by atoms with van der Waals surface area (Å²) in [6.07, 6.45) is 4.73. The van der Waals surface area contributed by atoms with Gasteiger partial charge in [0.15, 0.2) is 0 Å². The van der Waals surface area contributed by atoms with E-state index in [4.69, 9.17) is 5.73 Å². The molecular formula is C14H24N4O. The highest BCUT2D eigenvalue weighted by Gasteiger charge is 2.24. The average molecular weight is 264 g/mol. The van der Waals surface area contributed by atoms with Crippen LogP contribution in [0.2, 0.25) is 0 Å². The van der Waals surface area contributed by atoms with Gasteiger partial charge in [-0.15, -0.1) is 0 Å². The predicted octanol–water partition coefficient (Wildman–Crippen LogP) is 1.82. The minimum atomic E-state index is -0.0960. The molecule has 2 unspecified atom stereocenters. The van der Waals surface area contributed by atoms with Gasteiger partial charge >= 0.3 is 0 Å². The van der Waals surface area contributed by atoms with Gasteiger partial charge in [-0.05, 0) is 25.3 Å². The largest absolute Gasteiger partial charge is 0.367 e. The van der Waals surface area contributed by atoms with E-state index in [-0.39, 0.29) is 11.5 Å². The summed E-state index contributed by atoms with van der Waals surface area (Å²) in [5.74, 6) is 2.11. The van der Waals surface area contributed by atoms with Crippen LogP contribution in [0.5, 0.6) is 0 Å². The first-order chi connectivity index (χ1) is 9.10. The van der Waals surface area contributed by atoms with Crippen molar-refractivity contribution in [2.24, 2.45) is 11.7 Å². The van der Waals surface area contributed by atoms with Crippen molar-refractivity contribution in [3.63, 3.8) is 0 Å². The summed E-state index contributed by atoms with van der Waals surface area (Å²) < 4.78 is 0. The number of nitrogens with zero attached hydrogens (tertiary/aromatic N) is 1. The molecule has 2 atom stereocenters. The van der Waals surface area contributed by atoms with Gasteiger partial charge in [-0.25, -0.2) is 4.98 Å². The first kappa shape index (κ1) is 14.1. The average Bonchev–Trinajstić information content (AvgIpc) is 2.38. The minimum Gasteiger partial charge on any atom is -0.367 e. The van der Waals surface area contributed by atoms with E-state index in [0.29, 0.717) is 24.3 Å². The summed E-state index contributed by atoms with van der Waals surface area (Å²) in [4.78, 5) is 18.9. The minimum absolute atomic E-state index is 0.0960. The van der Waals surface area contributed by atoms with Crippen molar-refractivity contribution in [1.29, 1.82) is 0 Å². The highest BCUT2D eigenvalue weighted by Crippen LogP contribution is 2.26. The number of nitrogens with two attached hydrogens (primary N) is 1. The molecule has 106 valence electrons. The molecule has 2 rings (SSSR count). The molecule has 0 radical (unpaired) electrons. The first-order valence-electron chi connectivity index (χ1n) is 7.18. The van der Waals surface area contributed by atoms with Crippen LogP contribution in [0.15, 0.2) is 10.9 Å². The Kier molecular flexibility index (Phi) is 4.58. The molecule has 5 heteroatoms. The van der Waals surface area contributed by atoms with Crippen LogP contribution in [-0.2, 0) is 0 Å². The van der Waals surface area contributed by atoms with Crippen molar-refractivity contribution in [3.05, 3.63) is 22.2 Å². The van der Waals surface area contributed by atoms with Crippen molar-refractivity contribution in [3.8, 4) is 0 Å². The number of aromatic amines is 1. The van der Waals surface area contributed by atoms with Crippen LogP contribution in [0.25, 0.3) is 0 Å². The fraction of sp³-hybridized carbons (Fsp3) is 0.714. The topological polar surface area (TPSA) is 83.8 Å². The maximum absolute atomic E-state index is 11.6. The third-order valence-electron chi connectivity index (χ3n) is 3.85. The van der Waals surface area contributed by atoms with Gasteiger partial charge in [0.2, 0.25) is 0 Å². The standard InChI is InChI=1S/C14H24N4O/c1-9(2)14-17-12(7-13(19)18-14)16-11-6-4-3-5-10(11)8-15/h7,9-11H,3-6,8,15H2,1-2H3,(H2,16,17,18,19). The monoisotopic (exact) mass is 264 g/mol. The Balaban J connectivity index is 2.15. The van der Waals surface area contributed by atoms with Crippen molar-refractivity contribution in [1.82, 2.24) is 9.97 Å². The van der Waals surface area contributed by atoms with Crippen LogP contribution >= 0.6 is 0 Å². The van der Waals surface area contributed by atoms with E-state index in [1.165, 1.54) is 18.9 Å². The predicted molar refractivity (Wildman–Crippen MR) is 77.4 cm³/mol. The quantitative estimate of drug-likeness (QED) is 0.774. The van der Waals surface area contributed by atoms with Gasteiger partial charge < -0.3 is 16.0 Å². The normalized spacial score (nSPS) is 23.6. The van der Waals surface area contributed by atoms with Crippen LogP contribution in [0.4, 0.5) is 5.82 Å². The summed E-state index contributed by atoms with van der Waals surface area (Å²) in [6.45, 7) is 4.73. The highest BCUT2D eigenvalue weighted by atomic mass is 16.1. The Labute approximate surface area is 114 Å². The van der Waals surface area contributed by atoms with Gasteiger partial charge in [-0.3, -0.25) is 4.79 Å². The van der Waals surface area contributed by atoms with Crippen LogP contribution in [0.1, 0.15) is 51.3 Å². The van der Waals surface area contributed by atoms with Crippen molar-refractivity contribution >= 4 is 5.82 Å². The Morgan fingerprint density at radius 3 is 2.89 bits per heavy atom. The lowest BCUT2D eigenvalue weighted by Crippen LogP contribution is -2.37. The summed E-state index contributed by atoms with van der Waals surface area (Å²) >= 11 is 0. The molecule has 4 N–H and O–H groups in total. The molecule has 1 aliphatic carbocycles. The number of H-pyrrole nitrogens is 1. The maximum Gasteiger partial charge on any atom is 0.252 e. The fourth-order valence-corrected chi connectivity index (χ4v) is 2.69. The number of aromatic nitrogens is 2. The van der Waals surface area contributed by atoms with Crippen LogP contribution < -0.4 is 16.6 Å². The molecule has 0 aliphatic heterocycles. The molecule has 1 saturated carbocycles. The Morgan fingerprint density at radius 1 is 1.47 bits per heavy atom. The number of anilines is 1. The van der Waals surface area contributed by atoms with Crippen molar-refractivity contribution in [2.75, 3.05) is 11.9 Å². The van der Waals surface area contributed by atoms with E-state index < -0.39 is 0 Å². The summed E-state index contributed by atoms with van der Waals surface area (Å²) in [5, 5.41) is 3.41. The van der Waals surface area contributed by atoms with Gasteiger partial charge in [-0.2, -0.15) is 0 Å². The van der Waals surface area contributed by atoms with E-state index >= 15 is 0 Å². The second kappa shape index (κ2) is 6.19. The lowest BCUT2D eigenvalue weighted by Gasteiger charge is -2.31. The Morgan fingerprint density at radius 2 is 2.21 bits per heavy atom. The Bertz CT molecular complexity index is 469. The SMILES string of the molecule is CC(C)c1nc(NC2CCCCC2CN)cc(=O)[nH]1. The van der Waals surface area contributed by atoms with Crippen molar-refractivity contribution < 1.29 is 0 Å². The third-order valence-corrected chi connectivity index (χ3v) is 3.85. The second-order valence-corrected chi connectivity index (χ2v) is 5.70. The molecule has 1 aromatic rings. The fourth-order valence-electron chi connectivity index (χ4n) is 2.69. The summed E-state index contributed by atoms with van der Waals surface area (Å²) in [5.41, 5.74) is 5.73. The van der Waals surface area contributed by atoms with Gasteiger partial charge in [0.25, 0.3) is 5.56 Å². The molecular weight excluding hydrogens is 240 g/mol. The zero-order chi connectivity index (χ0) is 13.8. The molecule has 1 aromatic heterocycles. The zero-order valence-corrected chi connectivity index (χ0v) is 11.8. The molecule has 0 saturated heterocycles. The molecule has 0 spiro atoms. The first-order valence-corrected chi connectivity index (χ1v) is 7.18. The van der Waals surface area contributed by atoms with Crippen LogP contribution in [0, 0.1) is 5.92 Å². The molecule has 1 heterocycles. The highest BCUT2D eigenvalue weighted by molar-refractivity contribution is 5.35. The molecule has 19 heavy (non-hydrogen) atoms. The molecule has 1 aliphatic rings. The Hall–Kier alpha value is -1.36. The maximum atomic E-state index is 11.6. The molecule has 0 amide bonds. The van der Waals surface area contributed by atoms with E-state index in [1.807, 2.05) is 13.8 Å². The van der Waals surface area contributed by atoms with Gasteiger partial charge in [0.05, 0.1) is 0 Å². The van der Waals surface area contributed by atoms with Gasteiger partial charge in [-0.1, -0.05) is 26.7 Å². The number of hydrogen-bond acceptors (Lipinski definition) is 4. The van der Waals surface area contributed by atoms with Gasteiger partial charge in [0.1, 0.15) is 11.6 Å². The van der Waals surface area contributed by atoms with Crippen LogP contribution in [0.3, 0.4) is 0 Å². The number of hydrogen-bond donors (Lipinski definition) is 3. The van der Waals surface area contributed by atoms with E-state index in [0.717, 1.165) is 18.7 Å². The zero-order valence-electron chi connectivity index (χ0n) is 11.8. The van der Waals surface area contributed by atoms with Crippen LogP contribution in [-0.4, -0.2) is 22.6 Å².